The lowest BCUT2D eigenvalue weighted by molar-refractivity contribution is -0.129. The third-order valence-electron chi connectivity index (χ3n) is 4.96. The summed E-state index contributed by atoms with van der Waals surface area (Å²) in [5, 5.41) is 2.74. The van der Waals surface area contributed by atoms with Crippen LogP contribution in [-0.4, -0.2) is 57.4 Å². The van der Waals surface area contributed by atoms with Crippen LogP contribution >= 0.6 is 0 Å². The number of carbonyl (C=O) groups excluding carboxylic acids is 2. The first-order valence-corrected chi connectivity index (χ1v) is 11.9. The summed E-state index contributed by atoms with van der Waals surface area (Å²) in [5.74, 6) is -0.348. The third-order valence-corrected chi connectivity index (χ3v) is 7.02. The monoisotopic (exact) mass is 462 g/mol. The van der Waals surface area contributed by atoms with Crippen LogP contribution in [0, 0.1) is 0 Å². The van der Waals surface area contributed by atoms with E-state index in [9.17, 15) is 18.0 Å². The number of hydrogen-bond acceptors (Lipinski definition) is 6. The molecule has 0 fully saturated rings. The number of rotatable bonds is 11. The van der Waals surface area contributed by atoms with Crippen LogP contribution in [-0.2, 0) is 26.0 Å². The maximum atomic E-state index is 12.5. The Morgan fingerprint density at radius 1 is 1.00 bits per heavy atom. The van der Waals surface area contributed by atoms with Crippen molar-refractivity contribution in [2.75, 3.05) is 26.7 Å². The molecule has 1 atom stereocenters. The fourth-order valence-electron chi connectivity index (χ4n) is 3.02. The van der Waals surface area contributed by atoms with Crippen LogP contribution in [0.1, 0.15) is 36.7 Å². The Kier molecular flexibility index (Phi) is 9.22. The molecule has 32 heavy (non-hydrogen) atoms. The van der Waals surface area contributed by atoms with E-state index in [1.165, 1.54) is 35.5 Å². The molecule has 0 radical (unpaired) electrons. The minimum atomic E-state index is -3.61. The molecule has 2 aromatic rings. The minimum Gasteiger partial charge on any atom is -0.497 e. The molecular formula is C23H30N2O6S. The van der Waals surface area contributed by atoms with E-state index in [2.05, 4.69) is 5.32 Å². The van der Waals surface area contributed by atoms with E-state index in [0.29, 0.717) is 26.1 Å². The van der Waals surface area contributed by atoms with Crippen molar-refractivity contribution in [1.82, 2.24) is 9.62 Å². The zero-order valence-corrected chi connectivity index (χ0v) is 19.6. The lowest BCUT2D eigenvalue weighted by atomic mass is 10.1. The Labute approximate surface area is 189 Å². The van der Waals surface area contributed by atoms with E-state index in [1.807, 2.05) is 24.3 Å². The Balaban J connectivity index is 1.88. The van der Waals surface area contributed by atoms with E-state index in [4.69, 9.17) is 9.47 Å². The maximum Gasteiger partial charge on any atom is 0.338 e. The van der Waals surface area contributed by atoms with Crippen molar-refractivity contribution in [3.05, 3.63) is 59.7 Å². The molecule has 0 aliphatic carbocycles. The molecular weight excluding hydrogens is 432 g/mol. The van der Waals surface area contributed by atoms with Crippen LogP contribution in [0.25, 0.3) is 0 Å². The topological polar surface area (TPSA) is 102 Å². The number of amides is 1. The molecule has 1 unspecified atom stereocenters. The van der Waals surface area contributed by atoms with Gasteiger partial charge in [0.1, 0.15) is 5.75 Å². The number of carbonyl (C=O) groups is 2. The van der Waals surface area contributed by atoms with Gasteiger partial charge in [-0.2, -0.15) is 4.31 Å². The smallest absolute Gasteiger partial charge is 0.338 e. The van der Waals surface area contributed by atoms with Crippen molar-refractivity contribution in [1.29, 1.82) is 0 Å². The molecule has 0 saturated carbocycles. The Bertz CT molecular complexity index is 1000. The Morgan fingerprint density at radius 2 is 1.59 bits per heavy atom. The maximum absolute atomic E-state index is 12.5. The molecule has 0 aliphatic rings. The zero-order valence-electron chi connectivity index (χ0n) is 18.8. The number of methoxy groups -OCH3 is 1. The average Bonchev–Trinajstić information content (AvgIpc) is 2.80. The number of nitrogens with one attached hydrogen (secondary N) is 1. The number of sulfonamides is 1. The summed E-state index contributed by atoms with van der Waals surface area (Å²) in [5.41, 5.74) is 1.21. The van der Waals surface area contributed by atoms with Crippen LogP contribution in [0.3, 0.4) is 0 Å². The van der Waals surface area contributed by atoms with Gasteiger partial charge in [0.15, 0.2) is 6.10 Å². The fourth-order valence-corrected chi connectivity index (χ4v) is 4.48. The summed E-state index contributed by atoms with van der Waals surface area (Å²) in [6.07, 6.45) is -0.365. The van der Waals surface area contributed by atoms with Crippen molar-refractivity contribution in [2.45, 2.75) is 38.2 Å². The van der Waals surface area contributed by atoms with Crippen molar-refractivity contribution in [3.63, 3.8) is 0 Å². The van der Waals surface area contributed by atoms with Crippen molar-refractivity contribution in [3.8, 4) is 5.75 Å². The number of benzene rings is 2. The van der Waals surface area contributed by atoms with Crippen LogP contribution in [0.15, 0.2) is 53.4 Å². The second kappa shape index (κ2) is 11.6. The van der Waals surface area contributed by atoms with E-state index < -0.39 is 28.0 Å². The standard InChI is InChI=1S/C23H30N2O6S/c1-5-25(6-2)32(28,29)21-13-9-19(10-14-21)23(27)31-17(3)22(26)24-16-15-18-7-11-20(30-4)12-8-18/h7-14,17H,5-6,15-16H2,1-4H3,(H,24,26). The largest absolute Gasteiger partial charge is 0.497 e. The zero-order chi connectivity index (χ0) is 23.7. The molecule has 0 bridgehead atoms. The van der Waals surface area contributed by atoms with E-state index in [0.717, 1.165) is 11.3 Å². The summed E-state index contributed by atoms with van der Waals surface area (Å²) in [6.45, 7) is 6.11. The summed E-state index contributed by atoms with van der Waals surface area (Å²) in [4.78, 5) is 24.7. The van der Waals surface area contributed by atoms with Gasteiger partial charge in [-0.15, -0.1) is 0 Å². The van der Waals surface area contributed by atoms with Gasteiger partial charge in [-0.05, 0) is 55.3 Å². The molecule has 1 amide bonds. The molecule has 2 aromatic carbocycles. The van der Waals surface area contributed by atoms with Gasteiger partial charge in [0.25, 0.3) is 5.91 Å². The minimum absolute atomic E-state index is 0.0991. The summed E-state index contributed by atoms with van der Waals surface area (Å²) in [7, 11) is -2.01. The molecule has 1 N–H and O–H groups in total. The SMILES string of the molecule is CCN(CC)S(=O)(=O)c1ccc(C(=O)OC(C)C(=O)NCCc2ccc(OC)cc2)cc1. The average molecular weight is 463 g/mol. The van der Waals surface area contributed by atoms with E-state index in [-0.39, 0.29) is 10.5 Å². The van der Waals surface area contributed by atoms with Gasteiger partial charge >= 0.3 is 5.97 Å². The first kappa shape index (κ1) is 25.4. The van der Waals surface area contributed by atoms with Gasteiger partial charge in [-0.1, -0.05) is 26.0 Å². The van der Waals surface area contributed by atoms with Gasteiger partial charge in [0.2, 0.25) is 10.0 Å². The van der Waals surface area contributed by atoms with E-state index in [1.54, 1.807) is 21.0 Å². The molecule has 8 nitrogen and oxygen atoms in total. The van der Waals surface area contributed by atoms with Crippen molar-refractivity contribution < 1.29 is 27.5 Å². The lowest BCUT2D eigenvalue weighted by Gasteiger charge is -2.18. The molecule has 0 heterocycles. The number of hydrogen-bond donors (Lipinski definition) is 1. The predicted molar refractivity (Wildman–Crippen MR) is 121 cm³/mol. The fraction of sp³-hybridized carbons (Fsp3) is 0.391. The van der Waals surface area contributed by atoms with Gasteiger partial charge in [0, 0.05) is 19.6 Å². The van der Waals surface area contributed by atoms with Crippen molar-refractivity contribution >= 4 is 21.9 Å². The molecule has 9 heteroatoms. The molecule has 0 spiro atoms. The highest BCUT2D eigenvalue weighted by Crippen LogP contribution is 2.17. The first-order valence-electron chi connectivity index (χ1n) is 10.4. The summed E-state index contributed by atoms with van der Waals surface area (Å²) >= 11 is 0. The third kappa shape index (κ3) is 6.54. The number of esters is 1. The van der Waals surface area contributed by atoms with Crippen LogP contribution in [0.4, 0.5) is 0 Å². The number of ether oxygens (including phenoxy) is 2. The second-order valence-corrected chi connectivity index (χ2v) is 8.99. The summed E-state index contributed by atoms with van der Waals surface area (Å²) in [6, 6.07) is 13.0. The van der Waals surface area contributed by atoms with E-state index >= 15 is 0 Å². The van der Waals surface area contributed by atoms with Crippen LogP contribution in [0.5, 0.6) is 5.75 Å². The predicted octanol–water partition coefficient (Wildman–Crippen LogP) is 2.63. The highest BCUT2D eigenvalue weighted by molar-refractivity contribution is 7.89. The van der Waals surface area contributed by atoms with Gasteiger partial charge in [-0.3, -0.25) is 4.79 Å². The Hall–Kier alpha value is -2.91. The van der Waals surface area contributed by atoms with Crippen LogP contribution in [0.2, 0.25) is 0 Å². The highest BCUT2D eigenvalue weighted by Gasteiger charge is 2.23. The first-order chi connectivity index (χ1) is 15.2. The molecule has 0 saturated heterocycles. The Morgan fingerprint density at radius 3 is 2.12 bits per heavy atom. The molecule has 0 aliphatic heterocycles. The quantitative estimate of drug-likeness (QED) is 0.515. The van der Waals surface area contributed by atoms with Gasteiger partial charge < -0.3 is 14.8 Å². The molecule has 2 rings (SSSR count). The van der Waals surface area contributed by atoms with Crippen molar-refractivity contribution in [2.24, 2.45) is 0 Å². The normalized spacial score (nSPS) is 12.3. The van der Waals surface area contributed by atoms with Crippen LogP contribution < -0.4 is 10.1 Å². The molecule has 0 aromatic heterocycles. The highest BCUT2D eigenvalue weighted by atomic mass is 32.2. The summed E-state index contributed by atoms with van der Waals surface area (Å²) < 4.78 is 36.7. The number of nitrogens with zero attached hydrogens (tertiary/aromatic N) is 1. The lowest BCUT2D eigenvalue weighted by Crippen LogP contribution is -2.36. The molecule has 174 valence electrons. The van der Waals surface area contributed by atoms with Gasteiger partial charge in [0.05, 0.1) is 17.6 Å². The van der Waals surface area contributed by atoms with Gasteiger partial charge in [-0.25, -0.2) is 13.2 Å². The second-order valence-electron chi connectivity index (χ2n) is 7.05.